The first kappa shape index (κ1) is 16.8. The molecule has 0 aliphatic heterocycles. The van der Waals surface area contributed by atoms with Crippen LogP contribution in [0.15, 0.2) is 54.6 Å². The molecule has 1 amide bonds. The van der Waals surface area contributed by atoms with Gasteiger partial charge in [0.25, 0.3) is 0 Å². The van der Waals surface area contributed by atoms with Gasteiger partial charge >= 0.3 is 0 Å². The second kappa shape index (κ2) is 7.21. The quantitative estimate of drug-likeness (QED) is 0.742. The molecule has 1 heterocycles. The Bertz CT molecular complexity index is 867. The van der Waals surface area contributed by atoms with Gasteiger partial charge < -0.3 is 10.6 Å². The van der Waals surface area contributed by atoms with Crippen LogP contribution in [0.4, 0.5) is 17.1 Å². The molecule has 25 heavy (non-hydrogen) atoms. The zero-order valence-corrected chi connectivity index (χ0v) is 14.7. The molecule has 1 aromatic heterocycles. The summed E-state index contributed by atoms with van der Waals surface area (Å²) in [6.45, 7) is 3.91. The van der Waals surface area contributed by atoms with Crippen molar-refractivity contribution in [3.05, 3.63) is 71.5 Å². The molecule has 0 unspecified atom stereocenters. The molecule has 2 aromatic carbocycles. The van der Waals surface area contributed by atoms with Gasteiger partial charge in [0.15, 0.2) is 0 Å². The SMILES string of the molecule is Cc1nn(C)c(C)c1CC(=O)Nc1ccc(Nc2ccccc2)cc1. The highest BCUT2D eigenvalue weighted by molar-refractivity contribution is 5.92. The van der Waals surface area contributed by atoms with Gasteiger partial charge in [-0.15, -0.1) is 0 Å². The molecule has 0 spiro atoms. The number of aromatic nitrogens is 2. The lowest BCUT2D eigenvalue weighted by molar-refractivity contribution is -0.115. The zero-order valence-electron chi connectivity index (χ0n) is 14.7. The first-order valence-corrected chi connectivity index (χ1v) is 8.24. The Morgan fingerprint density at radius 3 is 2.16 bits per heavy atom. The number of nitrogens with zero attached hydrogens (tertiary/aromatic N) is 2. The highest BCUT2D eigenvalue weighted by Gasteiger charge is 2.13. The Kier molecular flexibility index (Phi) is 4.84. The number of aryl methyl sites for hydroxylation is 2. The number of amides is 1. The van der Waals surface area contributed by atoms with E-state index in [1.807, 2.05) is 80.2 Å². The zero-order chi connectivity index (χ0) is 17.8. The van der Waals surface area contributed by atoms with Crippen molar-refractivity contribution >= 4 is 23.0 Å². The van der Waals surface area contributed by atoms with E-state index < -0.39 is 0 Å². The highest BCUT2D eigenvalue weighted by Crippen LogP contribution is 2.19. The van der Waals surface area contributed by atoms with Crippen LogP contribution in [0.2, 0.25) is 0 Å². The summed E-state index contributed by atoms with van der Waals surface area (Å²) in [4.78, 5) is 12.3. The number of carbonyl (C=O) groups is 1. The first-order valence-electron chi connectivity index (χ1n) is 8.24. The molecule has 2 N–H and O–H groups in total. The third-order valence-electron chi connectivity index (χ3n) is 4.23. The van der Waals surface area contributed by atoms with Gasteiger partial charge in [-0.3, -0.25) is 9.48 Å². The topological polar surface area (TPSA) is 59.0 Å². The summed E-state index contributed by atoms with van der Waals surface area (Å²) in [7, 11) is 1.89. The largest absolute Gasteiger partial charge is 0.356 e. The third-order valence-corrected chi connectivity index (χ3v) is 4.23. The van der Waals surface area contributed by atoms with Crippen molar-refractivity contribution in [2.45, 2.75) is 20.3 Å². The number of hydrogen-bond donors (Lipinski definition) is 2. The Hall–Kier alpha value is -3.08. The van der Waals surface area contributed by atoms with Crippen molar-refractivity contribution in [2.75, 3.05) is 10.6 Å². The number of para-hydroxylation sites is 1. The molecule has 0 bridgehead atoms. The Labute approximate surface area is 147 Å². The van der Waals surface area contributed by atoms with E-state index in [2.05, 4.69) is 15.7 Å². The van der Waals surface area contributed by atoms with E-state index in [0.717, 1.165) is 34.0 Å². The molecule has 0 radical (unpaired) electrons. The Morgan fingerprint density at radius 2 is 1.56 bits per heavy atom. The molecule has 3 aromatic rings. The Balaban J connectivity index is 1.62. The van der Waals surface area contributed by atoms with Gasteiger partial charge in [0.1, 0.15) is 0 Å². The number of nitrogens with one attached hydrogen (secondary N) is 2. The average molecular weight is 334 g/mol. The van der Waals surface area contributed by atoms with E-state index in [9.17, 15) is 4.79 Å². The fraction of sp³-hybridized carbons (Fsp3) is 0.200. The van der Waals surface area contributed by atoms with E-state index in [-0.39, 0.29) is 5.91 Å². The van der Waals surface area contributed by atoms with Gasteiger partial charge in [0.05, 0.1) is 12.1 Å². The number of carbonyl (C=O) groups excluding carboxylic acids is 1. The summed E-state index contributed by atoms with van der Waals surface area (Å²) < 4.78 is 1.81. The van der Waals surface area contributed by atoms with Crippen molar-refractivity contribution in [1.82, 2.24) is 9.78 Å². The molecule has 5 nitrogen and oxygen atoms in total. The van der Waals surface area contributed by atoms with Crippen LogP contribution in [-0.4, -0.2) is 15.7 Å². The second-order valence-corrected chi connectivity index (χ2v) is 6.07. The first-order chi connectivity index (χ1) is 12.0. The molecule has 0 atom stereocenters. The minimum atomic E-state index is -0.0389. The predicted molar refractivity (Wildman–Crippen MR) is 101 cm³/mol. The van der Waals surface area contributed by atoms with E-state index in [1.165, 1.54) is 0 Å². The lowest BCUT2D eigenvalue weighted by Gasteiger charge is -2.09. The smallest absolute Gasteiger partial charge is 0.228 e. The molecule has 128 valence electrons. The molecule has 5 heteroatoms. The van der Waals surface area contributed by atoms with Gasteiger partial charge in [0, 0.05) is 35.4 Å². The van der Waals surface area contributed by atoms with E-state index in [0.29, 0.717) is 6.42 Å². The van der Waals surface area contributed by atoms with Crippen molar-refractivity contribution in [3.63, 3.8) is 0 Å². The monoisotopic (exact) mass is 334 g/mol. The van der Waals surface area contributed by atoms with Crippen molar-refractivity contribution in [3.8, 4) is 0 Å². The summed E-state index contributed by atoms with van der Waals surface area (Å²) in [6.07, 6.45) is 0.329. The maximum absolute atomic E-state index is 12.3. The standard InChI is InChI=1S/C20H22N4O/c1-14-19(15(2)24(3)23-14)13-20(25)22-18-11-9-17(10-12-18)21-16-7-5-4-6-8-16/h4-12,21H,13H2,1-3H3,(H,22,25). The van der Waals surface area contributed by atoms with Gasteiger partial charge in [0.2, 0.25) is 5.91 Å². The van der Waals surface area contributed by atoms with E-state index >= 15 is 0 Å². The van der Waals surface area contributed by atoms with Gasteiger partial charge in [-0.1, -0.05) is 18.2 Å². The van der Waals surface area contributed by atoms with Crippen LogP contribution in [0.25, 0.3) is 0 Å². The Morgan fingerprint density at radius 1 is 0.960 bits per heavy atom. The van der Waals surface area contributed by atoms with Gasteiger partial charge in [-0.05, 0) is 50.2 Å². The number of rotatable bonds is 5. The molecule has 3 rings (SSSR count). The molecule has 0 aliphatic carbocycles. The average Bonchev–Trinajstić information content (AvgIpc) is 2.84. The van der Waals surface area contributed by atoms with Crippen LogP contribution < -0.4 is 10.6 Å². The summed E-state index contributed by atoms with van der Waals surface area (Å²) in [5.41, 5.74) is 5.70. The van der Waals surface area contributed by atoms with Crippen LogP contribution in [0.3, 0.4) is 0 Å². The summed E-state index contributed by atoms with van der Waals surface area (Å²) >= 11 is 0. The summed E-state index contributed by atoms with van der Waals surface area (Å²) in [6, 6.07) is 17.7. The highest BCUT2D eigenvalue weighted by atomic mass is 16.1. The molecular formula is C20H22N4O. The maximum atomic E-state index is 12.3. The van der Waals surface area contributed by atoms with E-state index in [4.69, 9.17) is 0 Å². The second-order valence-electron chi connectivity index (χ2n) is 6.07. The van der Waals surface area contributed by atoms with Crippen molar-refractivity contribution in [1.29, 1.82) is 0 Å². The van der Waals surface area contributed by atoms with Crippen molar-refractivity contribution < 1.29 is 4.79 Å². The minimum absolute atomic E-state index is 0.0389. The molecular weight excluding hydrogens is 312 g/mol. The normalized spacial score (nSPS) is 10.5. The third kappa shape index (κ3) is 4.07. The van der Waals surface area contributed by atoms with Crippen LogP contribution in [-0.2, 0) is 18.3 Å². The summed E-state index contributed by atoms with van der Waals surface area (Å²) in [5.74, 6) is -0.0389. The molecule has 0 aliphatic rings. The van der Waals surface area contributed by atoms with Gasteiger partial charge in [-0.25, -0.2) is 0 Å². The van der Waals surface area contributed by atoms with Crippen LogP contribution in [0.5, 0.6) is 0 Å². The van der Waals surface area contributed by atoms with Crippen molar-refractivity contribution in [2.24, 2.45) is 7.05 Å². The fourth-order valence-corrected chi connectivity index (χ4v) is 2.76. The fourth-order valence-electron chi connectivity index (χ4n) is 2.76. The predicted octanol–water partition coefficient (Wildman–Crippen LogP) is 3.96. The maximum Gasteiger partial charge on any atom is 0.228 e. The molecule has 0 fully saturated rings. The number of hydrogen-bond acceptors (Lipinski definition) is 3. The lowest BCUT2D eigenvalue weighted by atomic mass is 10.1. The molecule has 0 saturated heterocycles. The number of anilines is 3. The summed E-state index contributed by atoms with van der Waals surface area (Å²) in [5, 5.41) is 10.6. The van der Waals surface area contributed by atoms with Gasteiger partial charge in [-0.2, -0.15) is 5.10 Å². The number of benzene rings is 2. The van der Waals surface area contributed by atoms with Crippen LogP contribution >= 0.6 is 0 Å². The minimum Gasteiger partial charge on any atom is -0.356 e. The van der Waals surface area contributed by atoms with Crippen LogP contribution in [0, 0.1) is 13.8 Å². The van der Waals surface area contributed by atoms with Crippen LogP contribution in [0.1, 0.15) is 17.0 Å². The molecule has 0 saturated carbocycles. The lowest BCUT2D eigenvalue weighted by Crippen LogP contribution is -2.15. The van der Waals surface area contributed by atoms with E-state index in [1.54, 1.807) is 0 Å².